The Morgan fingerprint density at radius 2 is 2.03 bits per heavy atom. The van der Waals surface area contributed by atoms with Gasteiger partial charge in [0.15, 0.2) is 5.65 Å². The van der Waals surface area contributed by atoms with E-state index in [0.29, 0.717) is 23.7 Å². The zero-order valence-electron chi connectivity index (χ0n) is 17.2. The number of nitrogens with zero attached hydrogens (tertiary/aromatic N) is 5. The largest absolute Gasteiger partial charge is 0.319 e. The fraction of sp³-hybridized carbons (Fsp3) is 0.304. The molecule has 1 aliphatic carbocycles. The van der Waals surface area contributed by atoms with E-state index in [1.807, 2.05) is 49.0 Å². The number of hydrogen-bond donors (Lipinski definition) is 1. The van der Waals surface area contributed by atoms with Crippen LogP contribution < -0.4 is 5.32 Å². The number of rotatable bonds is 6. The number of carbonyl (C=O) groups is 1. The zero-order chi connectivity index (χ0) is 20.7. The lowest BCUT2D eigenvalue weighted by Crippen LogP contribution is -2.13. The van der Waals surface area contributed by atoms with Gasteiger partial charge < -0.3 is 5.32 Å². The highest BCUT2D eigenvalue weighted by Gasteiger charge is 2.29. The van der Waals surface area contributed by atoms with E-state index in [9.17, 15) is 4.79 Å². The van der Waals surface area contributed by atoms with Gasteiger partial charge in [-0.15, -0.1) is 0 Å². The predicted octanol–water partition coefficient (Wildman–Crippen LogP) is 4.13. The fourth-order valence-electron chi connectivity index (χ4n) is 3.81. The molecule has 1 N–H and O–H groups in total. The van der Waals surface area contributed by atoms with Gasteiger partial charge in [-0.3, -0.25) is 9.48 Å². The van der Waals surface area contributed by atoms with Gasteiger partial charge in [-0.2, -0.15) is 10.2 Å². The number of carbonyl (C=O) groups excluding carboxylic acids is 1. The molecule has 4 aromatic rings. The van der Waals surface area contributed by atoms with Gasteiger partial charge in [0.05, 0.1) is 35.1 Å². The van der Waals surface area contributed by atoms with Crippen LogP contribution in [-0.2, 0) is 13.1 Å². The molecule has 30 heavy (non-hydrogen) atoms. The van der Waals surface area contributed by atoms with Gasteiger partial charge in [0.25, 0.3) is 5.91 Å². The Kier molecular flexibility index (Phi) is 4.58. The standard InChI is InChI=1S/C23H24N6O/c1-3-28-14-18(12-24-28)25-23(30)19-11-20(17-9-10-17)26-22-21(19)15(2)27-29(22)13-16-7-5-4-6-8-16/h4-8,11-12,14,17H,3,9-10,13H2,1-2H3,(H,25,30). The van der Waals surface area contributed by atoms with E-state index in [-0.39, 0.29) is 5.91 Å². The monoisotopic (exact) mass is 400 g/mol. The van der Waals surface area contributed by atoms with Gasteiger partial charge in [0.1, 0.15) is 0 Å². The van der Waals surface area contributed by atoms with Crippen LogP contribution in [0.4, 0.5) is 5.69 Å². The first kappa shape index (κ1) is 18.5. The van der Waals surface area contributed by atoms with Crippen LogP contribution in [0.25, 0.3) is 11.0 Å². The summed E-state index contributed by atoms with van der Waals surface area (Å²) in [6.45, 7) is 5.33. The third-order valence-electron chi connectivity index (χ3n) is 5.53. The minimum Gasteiger partial charge on any atom is -0.319 e. The van der Waals surface area contributed by atoms with Crippen molar-refractivity contribution in [2.45, 2.75) is 45.7 Å². The van der Waals surface area contributed by atoms with Crippen LogP contribution in [0.3, 0.4) is 0 Å². The molecule has 1 amide bonds. The average molecular weight is 400 g/mol. The normalized spacial score (nSPS) is 13.7. The number of aromatic nitrogens is 5. The minimum absolute atomic E-state index is 0.151. The molecule has 7 heteroatoms. The molecule has 0 atom stereocenters. The summed E-state index contributed by atoms with van der Waals surface area (Å²) in [5.41, 5.74) is 5.03. The van der Waals surface area contributed by atoms with Crippen molar-refractivity contribution in [3.05, 3.63) is 71.3 Å². The quantitative estimate of drug-likeness (QED) is 0.528. The molecule has 0 spiro atoms. The lowest BCUT2D eigenvalue weighted by molar-refractivity contribution is 0.102. The van der Waals surface area contributed by atoms with Crippen molar-refractivity contribution in [3.63, 3.8) is 0 Å². The molecular weight excluding hydrogens is 376 g/mol. The number of pyridine rings is 1. The molecule has 1 saturated carbocycles. The van der Waals surface area contributed by atoms with Crippen molar-refractivity contribution in [1.82, 2.24) is 24.5 Å². The summed E-state index contributed by atoms with van der Waals surface area (Å²) >= 11 is 0. The highest BCUT2D eigenvalue weighted by atomic mass is 16.1. The molecule has 0 bridgehead atoms. The summed E-state index contributed by atoms with van der Waals surface area (Å²) in [4.78, 5) is 18.2. The van der Waals surface area contributed by atoms with E-state index < -0.39 is 0 Å². The Hall–Kier alpha value is -3.48. The van der Waals surface area contributed by atoms with Gasteiger partial charge >= 0.3 is 0 Å². The summed E-state index contributed by atoms with van der Waals surface area (Å²) in [6, 6.07) is 12.1. The molecule has 0 aliphatic heterocycles. The molecule has 1 aromatic carbocycles. The molecule has 3 heterocycles. The number of amides is 1. The van der Waals surface area contributed by atoms with E-state index in [4.69, 9.17) is 10.1 Å². The molecule has 152 valence electrons. The van der Waals surface area contributed by atoms with Gasteiger partial charge in [0.2, 0.25) is 0 Å². The number of benzene rings is 1. The van der Waals surface area contributed by atoms with Gasteiger partial charge in [-0.25, -0.2) is 9.67 Å². The Labute approximate surface area is 174 Å². The van der Waals surface area contributed by atoms with E-state index in [1.165, 1.54) is 0 Å². The van der Waals surface area contributed by atoms with Crippen molar-refractivity contribution in [2.24, 2.45) is 0 Å². The third kappa shape index (κ3) is 3.47. The maximum atomic E-state index is 13.2. The molecule has 7 nitrogen and oxygen atoms in total. The summed E-state index contributed by atoms with van der Waals surface area (Å²) in [7, 11) is 0. The predicted molar refractivity (Wildman–Crippen MR) is 116 cm³/mol. The van der Waals surface area contributed by atoms with E-state index in [0.717, 1.165) is 47.4 Å². The van der Waals surface area contributed by atoms with E-state index in [2.05, 4.69) is 22.5 Å². The zero-order valence-corrected chi connectivity index (χ0v) is 17.2. The molecule has 0 saturated heterocycles. The van der Waals surface area contributed by atoms with Crippen LogP contribution >= 0.6 is 0 Å². The topological polar surface area (TPSA) is 77.6 Å². The van der Waals surface area contributed by atoms with Crippen LogP contribution in [0.1, 0.15) is 53.0 Å². The Bertz CT molecular complexity index is 1220. The second-order valence-corrected chi connectivity index (χ2v) is 7.84. The Morgan fingerprint density at radius 1 is 1.23 bits per heavy atom. The number of hydrogen-bond acceptors (Lipinski definition) is 4. The number of fused-ring (bicyclic) bond motifs is 1. The highest BCUT2D eigenvalue weighted by molar-refractivity contribution is 6.12. The summed E-state index contributed by atoms with van der Waals surface area (Å²) in [5.74, 6) is 0.284. The molecule has 0 radical (unpaired) electrons. The first-order valence-electron chi connectivity index (χ1n) is 10.4. The third-order valence-corrected chi connectivity index (χ3v) is 5.53. The highest BCUT2D eigenvalue weighted by Crippen LogP contribution is 2.40. The van der Waals surface area contributed by atoms with E-state index >= 15 is 0 Å². The summed E-state index contributed by atoms with van der Waals surface area (Å²) in [5, 5.41) is 12.8. The first-order valence-corrected chi connectivity index (χ1v) is 10.4. The van der Waals surface area contributed by atoms with Crippen LogP contribution in [-0.4, -0.2) is 30.5 Å². The summed E-state index contributed by atoms with van der Waals surface area (Å²) < 4.78 is 3.70. The number of anilines is 1. The molecule has 1 aliphatic rings. The summed E-state index contributed by atoms with van der Waals surface area (Å²) in [6.07, 6.45) is 5.75. The Morgan fingerprint density at radius 3 is 2.73 bits per heavy atom. The van der Waals surface area contributed by atoms with Gasteiger partial charge in [-0.1, -0.05) is 30.3 Å². The minimum atomic E-state index is -0.151. The first-order chi connectivity index (χ1) is 14.6. The van der Waals surface area contributed by atoms with Gasteiger partial charge in [0, 0.05) is 24.4 Å². The average Bonchev–Trinajstić information content (AvgIpc) is 3.44. The smallest absolute Gasteiger partial charge is 0.256 e. The molecule has 5 rings (SSSR count). The molecule has 3 aromatic heterocycles. The van der Waals surface area contributed by atoms with Crippen molar-refractivity contribution in [2.75, 3.05) is 5.32 Å². The SMILES string of the molecule is CCn1cc(NC(=O)c2cc(C3CC3)nc3c2c(C)nn3Cc2ccccc2)cn1. The van der Waals surface area contributed by atoms with Crippen LogP contribution in [0.2, 0.25) is 0 Å². The van der Waals surface area contributed by atoms with Crippen molar-refractivity contribution in [1.29, 1.82) is 0 Å². The molecule has 0 unspecified atom stereocenters. The molecule has 1 fully saturated rings. The van der Waals surface area contributed by atoms with Crippen LogP contribution in [0.15, 0.2) is 48.8 Å². The lowest BCUT2D eigenvalue weighted by atomic mass is 10.1. The van der Waals surface area contributed by atoms with Crippen LogP contribution in [0, 0.1) is 6.92 Å². The maximum Gasteiger partial charge on any atom is 0.256 e. The number of aryl methyl sites for hydroxylation is 2. The Balaban J connectivity index is 1.57. The van der Waals surface area contributed by atoms with Gasteiger partial charge in [-0.05, 0) is 38.3 Å². The number of nitrogens with one attached hydrogen (secondary N) is 1. The van der Waals surface area contributed by atoms with Crippen molar-refractivity contribution >= 4 is 22.6 Å². The van der Waals surface area contributed by atoms with Crippen molar-refractivity contribution < 1.29 is 4.79 Å². The second kappa shape index (κ2) is 7.40. The second-order valence-electron chi connectivity index (χ2n) is 7.84. The van der Waals surface area contributed by atoms with E-state index in [1.54, 1.807) is 10.9 Å². The van der Waals surface area contributed by atoms with Crippen LogP contribution in [0.5, 0.6) is 0 Å². The molecular formula is C23H24N6O. The maximum absolute atomic E-state index is 13.2. The van der Waals surface area contributed by atoms with Crippen molar-refractivity contribution in [3.8, 4) is 0 Å². The lowest BCUT2D eigenvalue weighted by Gasteiger charge is -2.09. The fourth-order valence-corrected chi connectivity index (χ4v) is 3.81.